The van der Waals surface area contributed by atoms with Gasteiger partial charge in [-0.15, -0.1) is 12.4 Å². The smallest absolute Gasteiger partial charge is 0.274 e. The lowest BCUT2D eigenvalue weighted by molar-refractivity contribution is 0.0766. The van der Waals surface area contributed by atoms with Gasteiger partial charge in [0.15, 0.2) is 5.69 Å². The van der Waals surface area contributed by atoms with Crippen LogP contribution < -0.4 is 5.32 Å². The molecule has 1 aromatic carbocycles. The Morgan fingerprint density at radius 1 is 1.14 bits per heavy atom. The van der Waals surface area contributed by atoms with Crippen molar-refractivity contribution in [2.75, 3.05) is 39.3 Å². The third-order valence-corrected chi connectivity index (χ3v) is 6.33. The molecule has 1 aliphatic carbocycles. The molecule has 1 amide bonds. The first-order valence-corrected chi connectivity index (χ1v) is 10.3. The van der Waals surface area contributed by atoms with Gasteiger partial charge in [-0.1, -0.05) is 12.1 Å². The Bertz CT molecular complexity index is 895. The van der Waals surface area contributed by atoms with Crippen LogP contribution in [0.25, 0.3) is 5.69 Å². The second-order valence-electron chi connectivity index (χ2n) is 7.97. The van der Waals surface area contributed by atoms with E-state index in [1.165, 1.54) is 6.07 Å². The highest BCUT2D eigenvalue weighted by atomic mass is 35.5. The van der Waals surface area contributed by atoms with Crippen LogP contribution in [0, 0.1) is 5.82 Å². The molecule has 1 N–H and O–H groups in total. The summed E-state index contributed by atoms with van der Waals surface area (Å²) in [5, 5.41) is 7.99. The molecule has 0 radical (unpaired) electrons. The van der Waals surface area contributed by atoms with Crippen molar-refractivity contribution in [2.45, 2.75) is 31.7 Å². The van der Waals surface area contributed by atoms with Crippen molar-refractivity contribution in [3.05, 3.63) is 47.0 Å². The number of fused-ring (bicyclic) bond motifs is 1. The third kappa shape index (κ3) is 3.67. The van der Waals surface area contributed by atoms with Crippen molar-refractivity contribution in [3.8, 4) is 5.69 Å². The Balaban J connectivity index is 0.00000205. The third-order valence-electron chi connectivity index (χ3n) is 6.33. The van der Waals surface area contributed by atoms with Crippen molar-refractivity contribution < 1.29 is 9.18 Å². The first-order chi connectivity index (χ1) is 13.7. The second-order valence-corrected chi connectivity index (χ2v) is 7.97. The molecule has 8 heteroatoms. The molecular formula is C21H27ClFN5O. The minimum absolute atomic E-state index is 0. The second kappa shape index (κ2) is 8.42. The van der Waals surface area contributed by atoms with Crippen LogP contribution in [0.2, 0.25) is 0 Å². The zero-order valence-electron chi connectivity index (χ0n) is 16.4. The van der Waals surface area contributed by atoms with Crippen molar-refractivity contribution in [2.24, 2.45) is 0 Å². The van der Waals surface area contributed by atoms with Crippen LogP contribution in [-0.2, 0) is 12.8 Å². The summed E-state index contributed by atoms with van der Waals surface area (Å²) in [6.45, 7) is 5.67. The van der Waals surface area contributed by atoms with E-state index in [-0.39, 0.29) is 24.1 Å². The quantitative estimate of drug-likeness (QED) is 0.827. The van der Waals surface area contributed by atoms with Gasteiger partial charge in [0.05, 0.1) is 0 Å². The van der Waals surface area contributed by atoms with Crippen molar-refractivity contribution in [1.29, 1.82) is 0 Å². The normalized spacial score (nSPS) is 21.8. The summed E-state index contributed by atoms with van der Waals surface area (Å²) in [4.78, 5) is 17.7. The molecule has 1 unspecified atom stereocenters. The zero-order valence-corrected chi connectivity index (χ0v) is 17.3. The predicted octanol–water partition coefficient (Wildman–Crippen LogP) is 2.04. The maximum absolute atomic E-state index is 14.3. The van der Waals surface area contributed by atoms with Gasteiger partial charge in [0.2, 0.25) is 0 Å². The van der Waals surface area contributed by atoms with E-state index in [1.54, 1.807) is 16.8 Å². The number of benzene rings is 1. The Morgan fingerprint density at radius 2 is 1.93 bits per heavy atom. The molecule has 3 heterocycles. The zero-order chi connectivity index (χ0) is 19.1. The van der Waals surface area contributed by atoms with Crippen molar-refractivity contribution in [3.63, 3.8) is 0 Å². The van der Waals surface area contributed by atoms with Crippen molar-refractivity contribution in [1.82, 2.24) is 24.9 Å². The lowest BCUT2D eigenvalue weighted by Gasteiger charge is -2.32. The minimum atomic E-state index is -0.307. The molecule has 0 bridgehead atoms. The lowest BCUT2D eigenvalue weighted by Crippen LogP contribution is -2.49. The molecule has 5 rings (SSSR count). The molecule has 1 atom stereocenters. The number of hydrogen-bond acceptors (Lipinski definition) is 4. The van der Waals surface area contributed by atoms with Crippen LogP contribution in [0.15, 0.2) is 24.3 Å². The van der Waals surface area contributed by atoms with Gasteiger partial charge < -0.3 is 10.2 Å². The van der Waals surface area contributed by atoms with E-state index in [4.69, 9.17) is 0 Å². The average Bonchev–Trinajstić information content (AvgIpc) is 3.45. The summed E-state index contributed by atoms with van der Waals surface area (Å²) in [7, 11) is 0. The monoisotopic (exact) mass is 419 g/mol. The highest BCUT2D eigenvalue weighted by molar-refractivity contribution is 5.94. The number of carbonyl (C=O) groups excluding carboxylic acids is 1. The van der Waals surface area contributed by atoms with Crippen LogP contribution in [0.3, 0.4) is 0 Å². The SMILES string of the molecule is Cl.O=C(c1nn(-c2ccccc2F)c2c1CCC2)N1CCC(N2CCNCC2)C1. The molecule has 2 aromatic rings. The number of amides is 1. The summed E-state index contributed by atoms with van der Waals surface area (Å²) in [5.41, 5.74) is 2.96. The Morgan fingerprint density at radius 3 is 2.72 bits per heavy atom. The minimum Gasteiger partial charge on any atom is -0.336 e. The number of rotatable bonds is 3. The lowest BCUT2D eigenvalue weighted by atomic mass is 10.2. The van der Waals surface area contributed by atoms with Crippen LogP contribution in [0.5, 0.6) is 0 Å². The molecule has 6 nitrogen and oxygen atoms in total. The van der Waals surface area contributed by atoms with E-state index < -0.39 is 0 Å². The first kappa shape index (κ1) is 20.3. The number of aromatic nitrogens is 2. The van der Waals surface area contributed by atoms with Crippen LogP contribution in [0.1, 0.15) is 34.6 Å². The molecular weight excluding hydrogens is 393 g/mol. The Kier molecular flexibility index (Phi) is 5.90. The fourth-order valence-electron chi connectivity index (χ4n) is 4.85. The van der Waals surface area contributed by atoms with E-state index in [0.717, 1.165) is 76.2 Å². The fourth-order valence-corrected chi connectivity index (χ4v) is 4.85. The van der Waals surface area contributed by atoms with Gasteiger partial charge in [-0.25, -0.2) is 9.07 Å². The van der Waals surface area contributed by atoms with Crippen LogP contribution in [0.4, 0.5) is 4.39 Å². The summed E-state index contributed by atoms with van der Waals surface area (Å²) in [6.07, 6.45) is 3.69. The molecule has 2 saturated heterocycles. The largest absolute Gasteiger partial charge is 0.336 e. The van der Waals surface area contributed by atoms with Gasteiger partial charge in [0, 0.05) is 56.6 Å². The highest BCUT2D eigenvalue weighted by Crippen LogP contribution is 2.30. The standard InChI is InChI=1S/C21H26FN5O.ClH/c22-17-5-1-2-6-19(17)27-18-7-3-4-16(18)20(24-27)21(28)26-11-8-15(14-26)25-12-9-23-10-13-25;/h1-2,5-6,15,23H,3-4,7-14H2;1H. The van der Waals surface area contributed by atoms with E-state index in [2.05, 4.69) is 15.3 Å². The highest BCUT2D eigenvalue weighted by Gasteiger charge is 2.35. The van der Waals surface area contributed by atoms with Gasteiger partial charge in [-0.3, -0.25) is 9.69 Å². The number of nitrogens with zero attached hydrogens (tertiary/aromatic N) is 4. The topological polar surface area (TPSA) is 53.4 Å². The van der Waals surface area contributed by atoms with E-state index >= 15 is 0 Å². The predicted molar refractivity (Wildman–Crippen MR) is 112 cm³/mol. The number of nitrogens with one attached hydrogen (secondary N) is 1. The van der Waals surface area contributed by atoms with Gasteiger partial charge in [0.1, 0.15) is 11.5 Å². The summed E-state index contributed by atoms with van der Waals surface area (Å²) in [5.74, 6) is -0.301. The number of para-hydroxylation sites is 1. The van der Waals surface area contributed by atoms with Crippen LogP contribution in [-0.4, -0.2) is 70.8 Å². The van der Waals surface area contributed by atoms with Gasteiger partial charge in [-0.05, 0) is 37.8 Å². The summed E-state index contributed by atoms with van der Waals surface area (Å²) >= 11 is 0. The average molecular weight is 420 g/mol. The first-order valence-electron chi connectivity index (χ1n) is 10.3. The van der Waals surface area contributed by atoms with E-state index in [0.29, 0.717) is 17.4 Å². The Labute approximate surface area is 176 Å². The maximum Gasteiger partial charge on any atom is 0.274 e. The molecule has 29 heavy (non-hydrogen) atoms. The van der Waals surface area contributed by atoms with Gasteiger partial charge in [-0.2, -0.15) is 5.10 Å². The molecule has 156 valence electrons. The molecule has 0 spiro atoms. The number of likely N-dealkylation sites (tertiary alicyclic amines) is 1. The fraction of sp³-hybridized carbons (Fsp3) is 0.524. The van der Waals surface area contributed by atoms with Gasteiger partial charge in [0.25, 0.3) is 5.91 Å². The van der Waals surface area contributed by atoms with E-state index in [9.17, 15) is 9.18 Å². The Hall–Kier alpha value is -1.96. The van der Waals surface area contributed by atoms with Crippen LogP contribution >= 0.6 is 12.4 Å². The molecule has 2 fully saturated rings. The summed E-state index contributed by atoms with van der Waals surface area (Å²) in [6, 6.07) is 7.09. The van der Waals surface area contributed by atoms with Crippen molar-refractivity contribution >= 4 is 18.3 Å². The number of piperazine rings is 1. The molecule has 2 aliphatic heterocycles. The molecule has 3 aliphatic rings. The molecule has 1 aromatic heterocycles. The van der Waals surface area contributed by atoms with Gasteiger partial charge >= 0.3 is 0 Å². The number of hydrogen-bond donors (Lipinski definition) is 1. The number of carbonyl (C=O) groups is 1. The molecule has 0 saturated carbocycles. The maximum atomic E-state index is 14.3. The summed E-state index contributed by atoms with van der Waals surface area (Å²) < 4.78 is 16.0. The van der Waals surface area contributed by atoms with E-state index in [1.807, 2.05) is 11.0 Å². The number of halogens is 2.